The van der Waals surface area contributed by atoms with E-state index in [1.807, 2.05) is 59.4 Å². The van der Waals surface area contributed by atoms with Gasteiger partial charge in [-0.3, -0.25) is 0 Å². The van der Waals surface area contributed by atoms with E-state index in [2.05, 4.69) is 11.0 Å². The van der Waals surface area contributed by atoms with Gasteiger partial charge in [0.05, 0.1) is 12.7 Å². The van der Waals surface area contributed by atoms with E-state index in [-0.39, 0.29) is 0 Å². The fraction of sp³-hybridized carbons (Fsp3) is 0.190. The minimum absolute atomic E-state index is 0.383. The predicted octanol–water partition coefficient (Wildman–Crippen LogP) is 3.87. The molecule has 6 heteroatoms. The summed E-state index contributed by atoms with van der Waals surface area (Å²) < 4.78 is 13.2. The van der Waals surface area contributed by atoms with Gasteiger partial charge in [-0.1, -0.05) is 18.2 Å². The third-order valence-corrected chi connectivity index (χ3v) is 4.38. The molecule has 1 aromatic heterocycles. The number of ether oxygens (including phenoxy) is 2. The van der Waals surface area contributed by atoms with Crippen LogP contribution in [0.25, 0.3) is 16.8 Å². The Morgan fingerprint density at radius 1 is 1.04 bits per heavy atom. The molecule has 1 aliphatic rings. The van der Waals surface area contributed by atoms with Crippen molar-refractivity contribution in [3.05, 3.63) is 66.0 Å². The number of nitrogens with zero attached hydrogens (tertiary/aromatic N) is 2. The van der Waals surface area contributed by atoms with Crippen LogP contribution in [-0.2, 0) is 16.4 Å². The number of rotatable bonds is 5. The second-order valence-electron chi connectivity index (χ2n) is 6.06. The molecule has 136 valence electrons. The number of hydrogen-bond donors (Lipinski definition) is 0. The van der Waals surface area contributed by atoms with Gasteiger partial charge in [-0.05, 0) is 35.4 Å². The second kappa shape index (κ2) is 7.54. The van der Waals surface area contributed by atoms with E-state index in [0.717, 1.165) is 28.1 Å². The highest BCUT2D eigenvalue weighted by Crippen LogP contribution is 2.36. The lowest BCUT2D eigenvalue weighted by atomic mass is 10.0. The van der Waals surface area contributed by atoms with E-state index in [1.54, 1.807) is 0 Å². The van der Waals surface area contributed by atoms with Gasteiger partial charge in [-0.2, -0.15) is 5.26 Å². The summed E-state index contributed by atoms with van der Waals surface area (Å²) in [6, 6.07) is 15.9. The summed E-state index contributed by atoms with van der Waals surface area (Å²) in [4.78, 5) is 9.56. The van der Waals surface area contributed by atoms with Crippen LogP contribution in [0.15, 0.2) is 54.9 Å². The summed E-state index contributed by atoms with van der Waals surface area (Å²) in [6.07, 6.45) is 3.78. The number of benzene rings is 2. The molecule has 0 spiro atoms. The van der Waals surface area contributed by atoms with Gasteiger partial charge in [0.1, 0.15) is 25.9 Å². The highest BCUT2D eigenvalue weighted by Gasteiger charge is 2.15. The summed E-state index contributed by atoms with van der Waals surface area (Å²) in [5.41, 5.74) is 4.32. The monoisotopic (exact) mass is 362 g/mol. The van der Waals surface area contributed by atoms with Crippen molar-refractivity contribution in [2.75, 3.05) is 20.3 Å². The molecule has 0 saturated heterocycles. The molecule has 0 unspecified atom stereocenters. The Kier molecular flexibility index (Phi) is 4.79. The summed E-state index contributed by atoms with van der Waals surface area (Å²) in [7, 11) is 1.48. The van der Waals surface area contributed by atoms with Crippen LogP contribution in [0.4, 0.5) is 0 Å². The van der Waals surface area contributed by atoms with Crippen LogP contribution in [0.2, 0.25) is 0 Å². The maximum absolute atomic E-state index is 9.57. The molecule has 0 saturated carbocycles. The molecule has 27 heavy (non-hydrogen) atoms. The van der Waals surface area contributed by atoms with Crippen molar-refractivity contribution in [2.24, 2.45) is 0 Å². The van der Waals surface area contributed by atoms with Crippen LogP contribution in [-0.4, -0.2) is 24.9 Å². The quantitative estimate of drug-likeness (QED) is 0.509. The van der Waals surface area contributed by atoms with Crippen molar-refractivity contribution in [1.29, 1.82) is 5.26 Å². The van der Waals surface area contributed by atoms with Crippen LogP contribution in [0.1, 0.15) is 11.1 Å². The minimum Gasteiger partial charge on any atom is -0.486 e. The van der Waals surface area contributed by atoms with Gasteiger partial charge in [0.25, 0.3) is 0 Å². The molecular weight excluding hydrogens is 344 g/mol. The van der Waals surface area contributed by atoms with Gasteiger partial charge in [-0.25, -0.2) is 9.78 Å². The highest BCUT2D eigenvalue weighted by molar-refractivity contribution is 5.73. The summed E-state index contributed by atoms with van der Waals surface area (Å²) in [5.74, 6) is 1.44. The maximum Gasteiger partial charge on any atom is 0.161 e. The first-order valence-electron chi connectivity index (χ1n) is 8.55. The summed E-state index contributed by atoms with van der Waals surface area (Å²) >= 11 is 0. The predicted molar refractivity (Wildman–Crippen MR) is 98.7 cm³/mol. The molecule has 3 aromatic rings. The van der Waals surface area contributed by atoms with Crippen molar-refractivity contribution < 1.29 is 19.2 Å². The molecule has 0 bridgehead atoms. The fourth-order valence-corrected chi connectivity index (χ4v) is 3.02. The van der Waals surface area contributed by atoms with Gasteiger partial charge in [0.15, 0.2) is 11.5 Å². The first-order chi connectivity index (χ1) is 13.3. The molecule has 1 aliphatic heterocycles. The van der Waals surface area contributed by atoms with Gasteiger partial charge < -0.3 is 14.0 Å². The van der Waals surface area contributed by atoms with E-state index in [9.17, 15) is 5.26 Å². The molecule has 2 heterocycles. The number of aromatic nitrogens is 1. The average molecular weight is 362 g/mol. The Bertz CT molecular complexity index is 986. The average Bonchev–Trinajstić information content (AvgIpc) is 3.17. The molecule has 0 atom stereocenters. The first-order valence-corrected chi connectivity index (χ1v) is 8.55. The third kappa shape index (κ3) is 3.51. The standard InChI is InChI=1S/C21H18N2O4/c1-24-27-14-15-2-5-18(6-3-15)23-12-17(11-22)19(13-23)16-4-7-20-21(10-16)26-9-8-25-20/h2-7,10,12-13H,8-9,14H2,1H3. The largest absolute Gasteiger partial charge is 0.486 e. The molecule has 2 aromatic carbocycles. The van der Waals surface area contributed by atoms with Crippen molar-refractivity contribution in [2.45, 2.75) is 6.61 Å². The molecule has 0 aliphatic carbocycles. The first kappa shape index (κ1) is 17.2. The van der Waals surface area contributed by atoms with Crippen LogP contribution < -0.4 is 9.47 Å². The van der Waals surface area contributed by atoms with E-state index < -0.39 is 0 Å². The molecule has 0 N–H and O–H groups in total. The Labute approximate surface area is 157 Å². The smallest absolute Gasteiger partial charge is 0.161 e. The molecule has 0 fully saturated rings. The highest BCUT2D eigenvalue weighted by atomic mass is 17.2. The minimum atomic E-state index is 0.383. The van der Waals surface area contributed by atoms with E-state index in [4.69, 9.17) is 14.4 Å². The molecule has 0 radical (unpaired) electrons. The molecule has 0 amide bonds. The molecular formula is C21H18N2O4. The van der Waals surface area contributed by atoms with Crippen molar-refractivity contribution in [3.63, 3.8) is 0 Å². The van der Waals surface area contributed by atoms with Crippen molar-refractivity contribution >= 4 is 0 Å². The van der Waals surface area contributed by atoms with E-state index in [0.29, 0.717) is 31.1 Å². The fourth-order valence-electron chi connectivity index (χ4n) is 3.02. The number of hydrogen-bond acceptors (Lipinski definition) is 5. The van der Waals surface area contributed by atoms with Gasteiger partial charge in [0, 0.05) is 23.6 Å². The number of nitriles is 1. The Morgan fingerprint density at radius 2 is 1.81 bits per heavy atom. The lowest BCUT2D eigenvalue weighted by Gasteiger charge is -2.18. The molecule has 4 rings (SSSR count). The zero-order valence-electron chi connectivity index (χ0n) is 14.8. The summed E-state index contributed by atoms with van der Waals surface area (Å²) in [6.45, 7) is 1.47. The van der Waals surface area contributed by atoms with E-state index >= 15 is 0 Å². The number of fused-ring (bicyclic) bond motifs is 1. The lowest BCUT2D eigenvalue weighted by Crippen LogP contribution is -2.15. The molecule has 6 nitrogen and oxygen atoms in total. The van der Waals surface area contributed by atoms with E-state index in [1.165, 1.54) is 7.11 Å². The maximum atomic E-state index is 9.57. The van der Waals surface area contributed by atoms with Gasteiger partial charge in [0.2, 0.25) is 0 Å². The Hall–Kier alpha value is -3.27. The van der Waals surface area contributed by atoms with Crippen molar-refractivity contribution in [1.82, 2.24) is 4.57 Å². The van der Waals surface area contributed by atoms with Crippen molar-refractivity contribution in [3.8, 4) is 34.4 Å². The zero-order chi connectivity index (χ0) is 18.6. The SMILES string of the molecule is COOCc1ccc(-n2cc(C#N)c(-c3ccc4c(c3)OCCO4)c2)cc1. The van der Waals surface area contributed by atoms with Gasteiger partial charge in [-0.15, -0.1) is 0 Å². The zero-order valence-corrected chi connectivity index (χ0v) is 14.8. The van der Waals surface area contributed by atoms with Crippen LogP contribution in [0.3, 0.4) is 0 Å². The second-order valence-corrected chi connectivity index (χ2v) is 6.06. The lowest BCUT2D eigenvalue weighted by molar-refractivity contribution is -0.282. The Morgan fingerprint density at radius 3 is 2.56 bits per heavy atom. The van der Waals surface area contributed by atoms with Crippen LogP contribution in [0, 0.1) is 11.3 Å². The Balaban J connectivity index is 1.66. The topological polar surface area (TPSA) is 65.6 Å². The van der Waals surface area contributed by atoms with Gasteiger partial charge >= 0.3 is 0 Å². The third-order valence-electron chi connectivity index (χ3n) is 4.38. The summed E-state index contributed by atoms with van der Waals surface area (Å²) in [5, 5.41) is 9.57. The van der Waals surface area contributed by atoms with Crippen LogP contribution >= 0.6 is 0 Å². The normalized spacial score (nSPS) is 12.6. The van der Waals surface area contributed by atoms with Crippen LogP contribution in [0.5, 0.6) is 11.5 Å².